The lowest BCUT2D eigenvalue weighted by atomic mass is 9.95. The van der Waals surface area contributed by atoms with Gasteiger partial charge in [0.15, 0.2) is 0 Å². The van der Waals surface area contributed by atoms with Crippen LogP contribution in [-0.2, 0) is 4.79 Å². The Hall–Kier alpha value is -1.55. The third-order valence-electron chi connectivity index (χ3n) is 3.66. The van der Waals surface area contributed by atoms with E-state index in [4.69, 9.17) is 4.74 Å². The smallest absolute Gasteiger partial charge is 0.323 e. The molecule has 0 aliphatic carbocycles. The molecule has 1 aromatic rings. The van der Waals surface area contributed by atoms with E-state index in [1.54, 1.807) is 6.92 Å². The molecular weight excluding hydrogens is 266 g/mol. The molecule has 0 bridgehead atoms. The van der Waals surface area contributed by atoms with Gasteiger partial charge >= 0.3 is 5.97 Å². The van der Waals surface area contributed by atoms with E-state index in [-0.39, 0.29) is 0 Å². The predicted octanol–water partition coefficient (Wildman–Crippen LogP) is 3.39. The van der Waals surface area contributed by atoms with Gasteiger partial charge in [-0.05, 0) is 57.7 Å². The number of carboxylic acid groups (broad SMARTS) is 1. The molecule has 0 amide bonds. The molecule has 4 nitrogen and oxygen atoms in total. The zero-order valence-electron chi connectivity index (χ0n) is 13.3. The van der Waals surface area contributed by atoms with Crippen LogP contribution in [0, 0.1) is 6.92 Å². The molecule has 21 heavy (non-hydrogen) atoms. The fourth-order valence-electron chi connectivity index (χ4n) is 2.15. The van der Waals surface area contributed by atoms with Crippen molar-refractivity contribution in [2.24, 2.45) is 0 Å². The molecule has 2 N–H and O–H groups in total. The maximum Gasteiger partial charge on any atom is 0.323 e. The van der Waals surface area contributed by atoms with Gasteiger partial charge in [0.2, 0.25) is 0 Å². The highest BCUT2D eigenvalue weighted by molar-refractivity contribution is 5.78. The van der Waals surface area contributed by atoms with Gasteiger partial charge < -0.3 is 15.2 Å². The van der Waals surface area contributed by atoms with E-state index in [0.717, 1.165) is 37.1 Å². The number of benzene rings is 1. The average Bonchev–Trinajstić information content (AvgIpc) is 2.46. The molecule has 118 valence electrons. The Morgan fingerprint density at radius 2 is 2.05 bits per heavy atom. The summed E-state index contributed by atoms with van der Waals surface area (Å²) in [6.07, 6.45) is 3.22. The largest absolute Gasteiger partial charge is 0.493 e. The van der Waals surface area contributed by atoms with Crippen molar-refractivity contribution in [3.8, 4) is 5.75 Å². The second kappa shape index (κ2) is 8.67. The summed E-state index contributed by atoms with van der Waals surface area (Å²) >= 11 is 0. The summed E-state index contributed by atoms with van der Waals surface area (Å²) < 4.78 is 5.73. The van der Waals surface area contributed by atoms with E-state index >= 15 is 0 Å². The van der Waals surface area contributed by atoms with Crippen LogP contribution in [0.25, 0.3) is 0 Å². The summed E-state index contributed by atoms with van der Waals surface area (Å²) in [5.74, 6) is 0.123. The van der Waals surface area contributed by atoms with Crippen molar-refractivity contribution >= 4 is 5.97 Å². The molecule has 0 fully saturated rings. The van der Waals surface area contributed by atoms with Crippen LogP contribution >= 0.6 is 0 Å². The van der Waals surface area contributed by atoms with Crippen LogP contribution in [0.1, 0.15) is 45.1 Å². The Bertz CT molecular complexity index is 447. The molecule has 0 saturated carbocycles. The first-order valence-corrected chi connectivity index (χ1v) is 7.66. The number of hydrogen-bond donors (Lipinski definition) is 2. The third kappa shape index (κ3) is 5.76. The number of carboxylic acids is 1. The molecule has 1 atom stereocenters. The van der Waals surface area contributed by atoms with E-state index in [1.165, 1.54) is 0 Å². The maximum atomic E-state index is 11.4. The zero-order valence-corrected chi connectivity index (χ0v) is 13.3. The Labute approximate surface area is 127 Å². The number of hydrogen-bond acceptors (Lipinski definition) is 3. The molecule has 0 aliphatic rings. The molecule has 0 saturated heterocycles. The highest BCUT2D eigenvalue weighted by atomic mass is 16.5. The summed E-state index contributed by atoms with van der Waals surface area (Å²) in [5, 5.41) is 12.5. The van der Waals surface area contributed by atoms with Gasteiger partial charge in [-0.1, -0.05) is 25.1 Å². The number of nitrogens with one attached hydrogen (secondary N) is 1. The van der Waals surface area contributed by atoms with Gasteiger partial charge in [-0.2, -0.15) is 0 Å². The molecule has 0 aliphatic heterocycles. The second-order valence-electron chi connectivity index (χ2n) is 5.64. The van der Waals surface area contributed by atoms with E-state index in [9.17, 15) is 9.90 Å². The van der Waals surface area contributed by atoms with Crippen LogP contribution in [0.5, 0.6) is 5.75 Å². The fraction of sp³-hybridized carbons (Fsp3) is 0.588. The zero-order chi connectivity index (χ0) is 15.7. The summed E-state index contributed by atoms with van der Waals surface area (Å²) in [5.41, 5.74) is 0.288. The van der Waals surface area contributed by atoms with Gasteiger partial charge in [0.05, 0.1) is 6.61 Å². The molecule has 0 heterocycles. The number of rotatable bonds is 10. The van der Waals surface area contributed by atoms with Gasteiger partial charge in [0.1, 0.15) is 11.3 Å². The average molecular weight is 293 g/mol. The Morgan fingerprint density at radius 1 is 1.33 bits per heavy atom. The van der Waals surface area contributed by atoms with Crippen molar-refractivity contribution in [2.45, 2.75) is 52.0 Å². The van der Waals surface area contributed by atoms with Gasteiger partial charge in [-0.15, -0.1) is 0 Å². The number of unbranched alkanes of at least 4 members (excludes halogenated alkanes) is 1. The van der Waals surface area contributed by atoms with Gasteiger partial charge in [0, 0.05) is 0 Å². The maximum absolute atomic E-state index is 11.4. The number of aryl methyl sites for hydroxylation is 1. The molecule has 0 radical (unpaired) electrons. The van der Waals surface area contributed by atoms with E-state index in [0.29, 0.717) is 13.0 Å². The summed E-state index contributed by atoms with van der Waals surface area (Å²) in [7, 11) is 0. The Balaban J connectivity index is 2.32. The number of aliphatic carboxylic acids is 1. The normalized spacial score (nSPS) is 13.7. The minimum absolute atomic E-state index is 0.611. The van der Waals surface area contributed by atoms with Crippen LogP contribution in [0.4, 0.5) is 0 Å². The van der Waals surface area contributed by atoms with E-state index in [2.05, 4.69) is 5.32 Å². The SMILES string of the molecule is CCCNC(C)(CCCCOc1ccccc1C)C(=O)O. The highest BCUT2D eigenvalue weighted by Gasteiger charge is 2.31. The first kappa shape index (κ1) is 17.5. The van der Waals surface area contributed by atoms with E-state index < -0.39 is 11.5 Å². The Morgan fingerprint density at radius 3 is 2.67 bits per heavy atom. The van der Waals surface area contributed by atoms with Crippen molar-refractivity contribution < 1.29 is 14.6 Å². The lowest BCUT2D eigenvalue weighted by Crippen LogP contribution is -2.49. The van der Waals surface area contributed by atoms with Crippen LogP contribution in [0.3, 0.4) is 0 Å². The van der Waals surface area contributed by atoms with Crippen LogP contribution in [0.2, 0.25) is 0 Å². The van der Waals surface area contributed by atoms with Crippen molar-refractivity contribution in [3.05, 3.63) is 29.8 Å². The van der Waals surface area contributed by atoms with Crippen molar-refractivity contribution in [3.63, 3.8) is 0 Å². The number of carbonyl (C=O) groups is 1. The summed E-state index contributed by atoms with van der Waals surface area (Å²) in [6, 6.07) is 7.92. The van der Waals surface area contributed by atoms with Gasteiger partial charge in [0.25, 0.3) is 0 Å². The first-order chi connectivity index (χ1) is 9.99. The molecule has 1 rings (SSSR count). The van der Waals surface area contributed by atoms with Crippen molar-refractivity contribution in [2.75, 3.05) is 13.2 Å². The Kier molecular flexibility index (Phi) is 7.23. The van der Waals surface area contributed by atoms with E-state index in [1.807, 2.05) is 38.1 Å². The third-order valence-corrected chi connectivity index (χ3v) is 3.66. The summed E-state index contributed by atoms with van der Waals surface area (Å²) in [4.78, 5) is 11.4. The fourth-order valence-corrected chi connectivity index (χ4v) is 2.15. The minimum Gasteiger partial charge on any atom is -0.493 e. The van der Waals surface area contributed by atoms with Crippen LogP contribution in [0.15, 0.2) is 24.3 Å². The summed E-state index contributed by atoms with van der Waals surface area (Å²) in [6.45, 7) is 7.15. The van der Waals surface area contributed by atoms with Gasteiger partial charge in [-0.3, -0.25) is 4.79 Å². The molecule has 0 spiro atoms. The molecule has 0 aromatic heterocycles. The lowest BCUT2D eigenvalue weighted by Gasteiger charge is -2.26. The quantitative estimate of drug-likeness (QED) is 0.649. The van der Waals surface area contributed by atoms with Crippen molar-refractivity contribution in [1.29, 1.82) is 0 Å². The topological polar surface area (TPSA) is 58.6 Å². The first-order valence-electron chi connectivity index (χ1n) is 7.66. The van der Waals surface area contributed by atoms with Crippen LogP contribution in [-0.4, -0.2) is 29.8 Å². The highest BCUT2D eigenvalue weighted by Crippen LogP contribution is 2.18. The van der Waals surface area contributed by atoms with Crippen LogP contribution < -0.4 is 10.1 Å². The number of ether oxygens (including phenoxy) is 1. The standard InChI is InChI=1S/C17H27NO3/c1-4-12-18-17(3,16(19)20)11-7-8-13-21-15-10-6-5-9-14(15)2/h5-6,9-10,18H,4,7-8,11-13H2,1-3H3,(H,19,20). The van der Waals surface area contributed by atoms with Gasteiger partial charge in [-0.25, -0.2) is 0 Å². The molecule has 1 aromatic carbocycles. The lowest BCUT2D eigenvalue weighted by molar-refractivity contribution is -0.144. The monoisotopic (exact) mass is 293 g/mol. The molecule has 1 unspecified atom stereocenters. The molecular formula is C17H27NO3. The van der Waals surface area contributed by atoms with Crippen molar-refractivity contribution in [1.82, 2.24) is 5.32 Å². The molecule has 4 heteroatoms. The predicted molar refractivity (Wildman–Crippen MR) is 84.9 cm³/mol. The minimum atomic E-state index is -0.835. The second-order valence-corrected chi connectivity index (χ2v) is 5.64. The number of para-hydroxylation sites is 1.